The third kappa shape index (κ3) is 3.31. The zero-order valence-corrected chi connectivity index (χ0v) is 12.9. The Bertz CT molecular complexity index is 618. The Labute approximate surface area is 128 Å². The number of carbonyl (C=O) groups is 1. The molecule has 1 amide bonds. The van der Waals surface area contributed by atoms with E-state index in [4.69, 9.17) is 0 Å². The number of carbonyl (C=O) groups excluding carboxylic acids is 1. The number of hydrogen-bond acceptors (Lipinski definition) is 4. The summed E-state index contributed by atoms with van der Waals surface area (Å²) in [5.41, 5.74) is 2.11. The molecule has 21 heavy (non-hydrogen) atoms. The van der Waals surface area contributed by atoms with Crippen molar-refractivity contribution in [3.05, 3.63) is 36.0 Å². The van der Waals surface area contributed by atoms with Crippen molar-refractivity contribution >= 4 is 22.4 Å². The predicted octanol–water partition coefficient (Wildman–Crippen LogP) is 3.06. The molecule has 5 heteroatoms. The van der Waals surface area contributed by atoms with Crippen LogP contribution in [-0.2, 0) is 4.79 Å². The van der Waals surface area contributed by atoms with Crippen LogP contribution in [0.2, 0.25) is 0 Å². The van der Waals surface area contributed by atoms with Gasteiger partial charge in [0, 0.05) is 6.54 Å². The molecule has 0 spiro atoms. The molecule has 1 fully saturated rings. The fraction of sp³-hybridized carbons (Fsp3) is 0.375. The quantitative estimate of drug-likeness (QED) is 0.916. The molecular weight excluding hydrogens is 282 g/mol. The van der Waals surface area contributed by atoms with Crippen molar-refractivity contribution in [2.75, 3.05) is 18.4 Å². The molecule has 2 aromatic rings. The Morgan fingerprint density at radius 2 is 2.19 bits per heavy atom. The average Bonchev–Trinajstić information content (AvgIpc) is 2.89. The molecule has 4 nitrogen and oxygen atoms in total. The lowest BCUT2D eigenvalue weighted by atomic mass is 9.99. The Balaban J connectivity index is 1.73. The summed E-state index contributed by atoms with van der Waals surface area (Å²) < 4.78 is 0. The SMILES string of the molecule is Cc1nc(NC(=O)C2CCCNC2)sc1-c1ccccc1. The highest BCUT2D eigenvalue weighted by molar-refractivity contribution is 7.19. The van der Waals surface area contributed by atoms with Gasteiger partial charge in [-0.05, 0) is 31.9 Å². The number of aromatic nitrogens is 1. The zero-order chi connectivity index (χ0) is 14.7. The minimum Gasteiger partial charge on any atom is -0.316 e. The van der Waals surface area contributed by atoms with Crippen molar-refractivity contribution < 1.29 is 4.79 Å². The van der Waals surface area contributed by atoms with Crippen LogP contribution in [0.1, 0.15) is 18.5 Å². The Hall–Kier alpha value is -1.72. The zero-order valence-electron chi connectivity index (χ0n) is 12.1. The number of benzene rings is 1. The molecule has 110 valence electrons. The minimum absolute atomic E-state index is 0.0585. The van der Waals surface area contributed by atoms with Crippen LogP contribution in [0.15, 0.2) is 30.3 Å². The molecule has 0 aliphatic carbocycles. The molecule has 1 aliphatic rings. The number of nitrogens with one attached hydrogen (secondary N) is 2. The summed E-state index contributed by atoms with van der Waals surface area (Å²) in [5.74, 6) is 0.138. The lowest BCUT2D eigenvalue weighted by molar-refractivity contribution is -0.120. The maximum atomic E-state index is 12.2. The highest BCUT2D eigenvalue weighted by Gasteiger charge is 2.22. The molecule has 0 saturated carbocycles. The smallest absolute Gasteiger partial charge is 0.230 e. The normalized spacial score (nSPS) is 18.4. The largest absolute Gasteiger partial charge is 0.316 e. The second-order valence-electron chi connectivity index (χ2n) is 5.33. The number of piperidine rings is 1. The highest BCUT2D eigenvalue weighted by Crippen LogP contribution is 2.32. The van der Waals surface area contributed by atoms with Crippen LogP contribution in [0.5, 0.6) is 0 Å². The van der Waals surface area contributed by atoms with E-state index in [-0.39, 0.29) is 11.8 Å². The number of rotatable bonds is 3. The van der Waals surface area contributed by atoms with Crippen LogP contribution < -0.4 is 10.6 Å². The van der Waals surface area contributed by atoms with Gasteiger partial charge in [-0.1, -0.05) is 41.7 Å². The molecule has 1 unspecified atom stereocenters. The fourth-order valence-corrected chi connectivity index (χ4v) is 3.57. The molecule has 3 rings (SSSR count). The first-order chi connectivity index (χ1) is 10.2. The van der Waals surface area contributed by atoms with Crippen molar-refractivity contribution in [3.8, 4) is 10.4 Å². The van der Waals surface area contributed by atoms with Crippen LogP contribution in [0.4, 0.5) is 5.13 Å². The number of thiazole rings is 1. The number of hydrogen-bond donors (Lipinski definition) is 2. The van der Waals surface area contributed by atoms with E-state index in [1.165, 1.54) is 0 Å². The third-order valence-corrected chi connectivity index (χ3v) is 4.85. The molecule has 1 aromatic heterocycles. The first-order valence-corrected chi connectivity index (χ1v) is 8.10. The van der Waals surface area contributed by atoms with Crippen LogP contribution in [-0.4, -0.2) is 24.0 Å². The van der Waals surface area contributed by atoms with Crippen molar-refractivity contribution in [3.63, 3.8) is 0 Å². The minimum atomic E-state index is 0.0585. The van der Waals surface area contributed by atoms with Crippen LogP contribution in [0.25, 0.3) is 10.4 Å². The first-order valence-electron chi connectivity index (χ1n) is 7.28. The highest BCUT2D eigenvalue weighted by atomic mass is 32.1. The summed E-state index contributed by atoms with van der Waals surface area (Å²) in [7, 11) is 0. The van der Waals surface area contributed by atoms with E-state index >= 15 is 0 Å². The summed E-state index contributed by atoms with van der Waals surface area (Å²) in [5, 5.41) is 6.93. The predicted molar refractivity (Wildman–Crippen MR) is 86.5 cm³/mol. The Morgan fingerprint density at radius 1 is 1.38 bits per heavy atom. The molecule has 1 atom stereocenters. The van der Waals surface area contributed by atoms with Gasteiger partial charge in [-0.15, -0.1) is 0 Å². The average molecular weight is 301 g/mol. The summed E-state index contributed by atoms with van der Waals surface area (Å²) in [6, 6.07) is 10.2. The standard InChI is InChI=1S/C16H19N3OS/c1-11-14(12-6-3-2-4-7-12)21-16(18-11)19-15(20)13-8-5-9-17-10-13/h2-4,6-7,13,17H,5,8-10H2,1H3,(H,18,19,20). The summed E-state index contributed by atoms with van der Waals surface area (Å²) in [6.07, 6.45) is 2.01. The van der Waals surface area contributed by atoms with E-state index in [0.29, 0.717) is 5.13 Å². The maximum Gasteiger partial charge on any atom is 0.230 e. The number of nitrogens with zero attached hydrogens (tertiary/aromatic N) is 1. The van der Waals surface area contributed by atoms with E-state index in [1.54, 1.807) is 11.3 Å². The van der Waals surface area contributed by atoms with E-state index in [2.05, 4.69) is 27.8 Å². The van der Waals surface area contributed by atoms with E-state index in [1.807, 2.05) is 25.1 Å². The van der Waals surface area contributed by atoms with Crippen molar-refractivity contribution in [1.82, 2.24) is 10.3 Å². The molecule has 0 radical (unpaired) electrons. The fourth-order valence-electron chi connectivity index (χ4n) is 2.59. The van der Waals surface area contributed by atoms with Gasteiger partial charge in [-0.25, -0.2) is 4.98 Å². The second-order valence-corrected chi connectivity index (χ2v) is 6.33. The van der Waals surface area contributed by atoms with Gasteiger partial charge in [0.2, 0.25) is 5.91 Å². The van der Waals surface area contributed by atoms with Gasteiger partial charge >= 0.3 is 0 Å². The van der Waals surface area contributed by atoms with Crippen molar-refractivity contribution in [2.45, 2.75) is 19.8 Å². The lowest BCUT2D eigenvalue weighted by Crippen LogP contribution is -2.37. The first kappa shape index (κ1) is 14.2. The molecule has 1 saturated heterocycles. The van der Waals surface area contributed by atoms with E-state index < -0.39 is 0 Å². The Kier molecular flexibility index (Phi) is 4.31. The van der Waals surface area contributed by atoms with Crippen LogP contribution in [0, 0.1) is 12.8 Å². The monoisotopic (exact) mass is 301 g/mol. The molecule has 2 N–H and O–H groups in total. The number of amides is 1. The second kappa shape index (κ2) is 6.37. The van der Waals surface area contributed by atoms with E-state index in [0.717, 1.165) is 42.1 Å². The van der Waals surface area contributed by atoms with Crippen LogP contribution in [0.3, 0.4) is 0 Å². The van der Waals surface area contributed by atoms with Gasteiger partial charge in [-0.3, -0.25) is 4.79 Å². The molecule has 0 bridgehead atoms. The summed E-state index contributed by atoms with van der Waals surface area (Å²) in [4.78, 5) is 17.8. The van der Waals surface area contributed by atoms with Gasteiger partial charge in [0.1, 0.15) is 0 Å². The number of aryl methyl sites for hydroxylation is 1. The van der Waals surface area contributed by atoms with Gasteiger partial charge in [0.05, 0.1) is 16.5 Å². The molecular formula is C16H19N3OS. The molecule has 1 aromatic carbocycles. The van der Waals surface area contributed by atoms with Gasteiger partial charge < -0.3 is 10.6 Å². The maximum absolute atomic E-state index is 12.2. The van der Waals surface area contributed by atoms with Gasteiger partial charge in [0.25, 0.3) is 0 Å². The van der Waals surface area contributed by atoms with E-state index in [9.17, 15) is 4.79 Å². The molecule has 2 heterocycles. The van der Waals surface area contributed by atoms with Crippen molar-refractivity contribution in [1.29, 1.82) is 0 Å². The Morgan fingerprint density at radius 3 is 2.90 bits per heavy atom. The number of anilines is 1. The third-order valence-electron chi connectivity index (χ3n) is 3.73. The van der Waals surface area contributed by atoms with Crippen molar-refractivity contribution in [2.24, 2.45) is 5.92 Å². The van der Waals surface area contributed by atoms with Gasteiger partial charge in [-0.2, -0.15) is 0 Å². The molecule has 1 aliphatic heterocycles. The summed E-state index contributed by atoms with van der Waals surface area (Å²) >= 11 is 1.54. The van der Waals surface area contributed by atoms with Crippen LogP contribution >= 0.6 is 11.3 Å². The summed E-state index contributed by atoms with van der Waals surface area (Å²) in [6.45, 7) is 3.76. The topological polar surface area (TPSA) is 54.0 Å². The van der Waals surface area contributed by atoms with Gasteiger partial charge in [0.15, 0.2) is 5.13 Å². The lowest BCUT2D eigenvalue weighted by Gasteiger charge is -2.21.